The first kappa shape index (κ1) is 17.9. The summed E-state index contributed by atoms with van der Waals surface area (Å²) in [6.07, 6.45) is 0.187. The molecule has 0 spiro atoms. The lowest BCUT2D eigenvalue weighted by atomic mass is 10.1. The molecule has 0 radical (unpaired) electrons. The molecule has 0 saturated carbocycles. The van der Waals surface area contributed by atoms with E-state index < -0.39 is 6.61 Å². The second kappa shape index (κ2) is 7.95. The predicted molar refractivity (Wildman–Crippen MR) is 98.8 cm³/mol. The van der Waals surface area contributed by atoms with Crippen LogP contribution in [-0.4, -0.2) is 19.1 Å². The second-order valence-corrected chi connectivity index (χ2v) is 5.84. The van der Waals surface area contributed by atoms with Crippen LogP contribution in [-0.2, 0) is 11.2 Å². The smallest absolute Gasteiger partial charge is 0.387 e. The quantitative estimate of drug-likeness (QED) is 0.620. The Kier molecular flexibility index (Phi) is 5.46. The van der Waals surface area contributed by atoms with Crippen molar-refractivity contribution in [1.29, 1.82) is 0 Å². The second-order valence-electron chi connectivity index (χ2n) is 5.84. The van der Waals surface area contributed by atoms with Crippen LogP contribution in [0.3, 0.4) is 0 Å². The van der Waals surface area contributed by atoms with Gasteiger partial charge in [-0.2, -0.15) is 8.78 Å². The van der Waals surface area contributed by atoms with Gasteiger partial charge in [0.2, 0.25) is 5.91 Å². The van der Waals surface area contributed by atoms with Crippen molar-refractivity contribution in [1.82, 2.24) is 0 Å². The molecule has 0 aliphatic rings. The molecule has 0 atom stereocenters. The van der Waals surface area contributed by atoms with Crippen LogP contribution in [0.15, 0.2) is 66.7 Å². The van der Waals surface area contributed by atoms with Gasteiger partial charge in [-0.3, -0.25) is 4.79 Å². The van der Waals surface area contributed by atoms with Gasteiger partial charge in [0.05, 0.1) is 12.1 Å². The van der Waals surface area contributed by atoms with Gasteiger partial charge in [-0.1, -0.05) is 48.5 Å². The average Bonchev–Trinajstić information content (AvgIpc) is 2.64. The number of nitrogens with zero attached hydrogens (tertiary/aromatic N) is 1. The van der Waals surface area contributed by atoms with Crippen LogP contribution >= 0.6 is 0 Å². The summed E-state index contributed by atoms with van der Waals surface area (Å²) in [4.78, 5) is 14.6. The fourth-order valence-corrected chi connectivity index (χ4v) is 2.98. The number of halogens is 2. The van der Waals surface area contributed by atoms with Gasteiger partial charge in [0.1, 0.15) is 5.75 Å². The monoisotopic (exact) mass is 355 g/mol. The highest BCUT2D eigenvalue weighted by Crippen LogP contribution is 2.27. The SMILES string of the molecule is CCN(C(=O)Cc1ccc(OC(F)F)cc1)c1cccc2ccccc12. The molecule has 0 unspecified atom stereocenters. The number of carbonyl (C=O) groups is 1. The number of rotatable bonds is 6. The first-order chi connectivity index (χ1) is 12.6. The van der Waals surface area contributed by atoms with E-state index in [1.54, 1.807) is 17.0 Å². The Labute approximate surface area is 150 Å². The van der Waals surface area contributed by atoms with Gasteiger partial charge in [0.15, 0.2) is 0 Å². The third-order valence-electron chi connectivity index (χ3n) is 4.18. The van der Waals surface area contributed by atoms with Crippen LogP contribution in [0.2, 0.25) is 0 Å². The van der Waals surface area contributed by atoms with Gasteiger partial charge in [-0.25, -0.2) is 0 Å². The van der Waals surface area contributed by atoms with E-state index in [-0.39, 0.29) is 18.1 Å². The van der Waals surface area contributed by atoms with Crippen LogP contribution in [0.1, 0.15) is 12.5 Å². The fraction of sp³-hybridized carbons (Fsp3) is 0.190. The topological polar surface area (TPSA) is 29.5 Å². The Morgan fingerprint density at radius 1 is 1.00 bits per heavy atom. The van der Waals surface area contributed by atoms with Crippen molar-refractivity contribution in [3.8, 4) is 5.75 Å². The number of carbonyl (C=O) groups excluding carboxylic acids is 1. The third-order valence-corrected chi connectivity index (χ3v) is 4.18. The maximum atomic E-state index is 12.8. The number of fused-ring (bicyclic) bond motifs is 1. The van der Waals surface area contributed by atoms with Crippen LogP contribution < -0.4 is 9.64 Å². The van der Waals surface area contributed by atoms with Crippen molar-refractivity contribution in [3.05, 3.63) is 72.3 Å². The average molecular weight is 355 g/mol. The lowest BCUT2D eigenvalue weighted by Gasteiger charge is -2.23. The van der Waals surface area contributed by atoms with Crippen LogP contribution in [0, 0.1) is 0 Å². The van der Waals surface area contributed by atoms with Crippen LogP contribution in [0.4, 0.5) is 14.5 Å². The molecule has 0 aromatic heterocycles. The lowest BCUT2D eigenvalue weighted by molar-refractivity contribution is -0.117. The van der Waals surface area contributed by atoms with E-state index in [1.165, 1.54) is 12.1 Å². The summed E-state index contributed by atoms with van der Waals surface area (Å²) in [5.41, 5.74) is 1.61. The van der Waals surface area contributed by atoms with E-state index in [4.69, 9.17) is 0 Å². The number of benzene rings is 3. The van der Waals surface area contributed by atoms with E-state index in [0.717, 1.165) is 22.0 Å². The molecule has 0 aliphatic heterocycles. The highest BCUT2D eigenvalue weighted by atomic mass is 19.3. The minimum atomic E-state index is -2.86. The first-order valence-corrected chi connectivity index (χ1v) is 8.40. The summed E-state index contributed by atoms with van der Waals surface area (Å²) in [5.74, 6) is 0.0315. The summed E-state index contributed by atoms with van der Waals surface area (Å²) in [7, 11) is 0. The van der Waals surface area contributed by atoms with Crippen molar-refractivity contribution in [2.75, 3.05) is 11.4 Å². The highest BCUT2D eigenvalue weighted by Gasteiger charge is 2.16. The summed E-state index contributed by atoms with van der Waals surface area (Å²) >= 11 is 0. The predicted octanol–water partition coefficient (Wildman–Crippen LogP) is 5.04. The number of hydrogen-bond donors (Lipinski definition) is 0. The van der Waals surface area contributed by atoms with E-state index >= 15 is 0 Å². The summed E-state index contributed by atoms with van der Waals surface area (Å²) < 4.78 is 28.8. The van der Waals surface area contributed by atoms with Crippen molar-refractivity contribution < 1.29 is 18.3 Å². The minimum Gasteiger partial charge on any atom is -0.435 e. The fourth-order valence-electron chi connectivity index (χ4n) is 2.98. The Morgan fingerprint density at radius 2 is 1.69 bits per heavy atom. The van der Waals surface area contributed by atoms with Crippen LogP contribution in [0.25, 0.3) is 10.8 Å². The molecule has 26 heavy (non-hydrogen) atoms. The largest absolute Gasteiger partial charge is 0.435 e. The van der Waals surface area contributed by atoms with Gasteiger partial charge in [-0.15, -0.1) is 0 Å². The number of hydrogen-bond acceptors (Lipinski definition) is 2. The molecule has 0 N–H and O–H groups in total. The Balaban J connectivity index is 1.81. The molecule has 1 amide bonds. The third kappa shape index (κ3) is 3.99. The minimum absolute atomic E-state index is 0.0496. The summed E-state index contributed by atoms with van der Waals surface area (Å²) in [6.45, 7) is -0.386. The Bertz CT molecular complexity index is 889. The first-order valence-electron chi connectivity index (χ1n) is 8.40. The maximum absolute atomic E-state index is 12.8. The molecule has 3 aromatic carbocycles. The van der Waals surface area contributed by atoms with Gasteiger partial charge < -0.3 is 9.64 Å². The zero-order valence-electron chi connectivity index (χ0n) is 14.4. The molecule has 0 heterocycles. The highest BCUT2D eigenvalue weighted by molar-refractivity contribution is 6.04. The number of ether oxygens (including phenoxy) is 1. The molecular formula is C21H19F2NO2. The zero-order chi connectivity index (χ0) is 18.5. The van der Waals surface area contributed by atoms with Gasteiger partial charge >= 0.3 is 6.61 Å². The number of amides is 1. The standard InChI is InChI=1S/C21H19F2NO2/c1-2-24(19-9-5-7-16-6-3-4-8-18(16)19)20(25)14-15-10-12-17(13-11-15)26-21(22)23/h3-13,21H,2,14H2,1H3. The lowest BCUT2D eigenvalue weighted by Crippen LogP contribution is -2.32. The van der Waals surface area contributed by atoms with Crippen LogP contribution in [0.5, 0.6) is 5.75 Å². The van der Waals surface area contributed by atoms with Gasteiger partial charge in [-0.05, 0) is 36.1 Å². The maximum Gasteiger partial charge on any atom is 0.387 e. The van der Waals surface area contributed by atoms with Crippen molar-refractivity contribution in [3.63, 3.8) is 0 Å². The molecule has 0 saturated heterocycles. The molecule has 3 nitrogen and oxygen atoms in total. The molecule has 5 heteroatoms. The molecule has 0 aliphatic carbocycles. The molecule has 134 valence electrons. The Morgan fingerprint density at radius 3 is 2.38 bits per heavy atom. The normalized spacial score (nSPS) is 10.9. The van der Waals surface area contributed by atoms with Gasteiger partial charge in [0.25, 0.3) is 0 Å². The Hall–Kier alpha value is -2.95. The van der Waals surface area contributed by atoms with E-state index in [1.807, 2.05) is 49.4 Å². The van der Waals surface area contributed by atoms with Crippen molar-refractivity contribution >= 4 is 22.4 Å². The number of anilines is 1. The van der Waals surface area contributed by atoms with E-state index in [2.05, 4.69) is 4.74 Å². The zero-order valence-corrected chi connectivity index (χ0v) is 14.4. The number of alkyl halides is 2. The van der Waals surface area contributed by atoms with Crippen molar-refractivity contribution in [2.45, 2.75) is 20.0 Å². The van der Waals surface area contributed by atoms with Gasteiger partial charge in [0, 0.05) is 11.9 Å². The molecule has 0 fully saturated rings. The molecule has 3 rings (SSSR count). The molecular weight excluding hydrogens is 336 g/mol. The molecule has 0 bridgehead atoms. The molecule has 3 aromatic rings. The van der Waals surface area contributed by atoms with E-state index in [9.17, 15) is 13.6 Å². The van der Waals surface area contributed by atoms with E-state index in [0.29, 0.717) is 6.54 Å². The van der Waals surface area contributed by atoms with Crippen molar-refractivity contribution in [2.24, 2.45) is 0 Å². The summed E-state index contributed by atoms with van der Waals surface area (Å²) in [6, 6.07) is 20.0. The number of likely N-dealkylation sites (N-methyl/N-ethyl adjacent to an activating group) is 1. The summed E-state index contributed by atoms with van der Waals surface area (Å²) in [5, 5.41) is 2.09.